The van der Waals surface area contributed by atoms with Gasteiger partial charge in [0, 0.05) is 7.11 Å². The molecule has 2 nitrogen and oxygen atoms in total. The van der Waals surface area contributed by atoms with Crippen molar-refractivity contribution in [1.82, 2.24) is 0 Å². The highest BCUT2D eigenvalue weighted by atomic mass is 19.4. The second-order valence-corrected chi connectivity index (χ2v) is 4.44. The lowest BCUT2D eigenvalue weighted by Crippen LogP contribution is -2.22. The van der Waals surface area contributed by atoms with Crippen molar-refractivity contribution in [2.24, 2.45) is 0 Å². The molecule has 1 aromatic rings. The standard InChI is InChI=1S/C14H19F3O2/c1-5-6-10-8-11(7-9(2)12(10)18-3)13(19-4)14(15,16)17/h7-8,13H,5-6H2,1-4H3. The van der Waals surface area contributed by atoms with Crippen LogP contribution in [0.3, 0.4) is 0 Å². The molecule has 0 aliphatic rings. The summed E-state index contributed by atoms with van der Waals surface area (Å²) in [5.41, 5.74) is 1.60. The van der Waals surface area contributed by atoms with E-state index in [2.05, 4.69) is 4.74 Å². The average Bonchev–Trinajstić information content (AvgIpc) is 2.28. The molecule has 0 amide bonds. The summed E-state index contributed by atoms with van der Waals surface area (Å²) >= 11 is 0. The molecule has 1 aromatic carbocycles. The van der Waals surface area contributed by atoms with E-state index in [0.29, 0.717) is 17.7 Å². The molecule has 5 heteroatoms. The molecular formula is C14H19F3O2. The van der Waals surface area contributed by atoms with Gasteiger partial charge < -0.3 is 9.47 Å². The molecule has 0 saturated heterocycles. The molecule has 0 aromatic heterocycles. The van der Waals surface area contributed by atoms with Gasteiger partial charge in [-0.05, 0) is 42.2 Å². The van der Waals surface area contributed by atoms with Gasteiger partial charge in [0.1, 0.15) is 5.75 Å². The summed E-state index contributed by atoms with van der Waals surface area (Å²) in [5, 5.41) is 0. The third-order valence-electron chi connectivity index (χ3n) is 2.93. The highest BCUT2D eigenvalue weighted by Crippen LogP contribution is 2.38. The van der Waals surface area contributed by atoms with Gasteiger partial charge in [0.25, 0.3) is 0 Å². The molecule has 0 N–H and O–H groups in total. The Morgan fingerprint density at radius 1 is 1.21 bits per heavy atom. The summed E-state index contributed by atoms with van der Waals surface area (Å²) in [6.07, 6.45) is -4.80. The summed E-state index contributed by atoms with van der Waals surface area (Å²) in [6.45, 7) is 3.71. The van der Waals surface area contributed by atoms with Crippen LogP contribution in [0.5, 0.6) is 5.75 Å². The molecule has 19 heavy (non-hydrogen) atoms. The topological polar surface area (TPSA) is 18.5 Å². The molecule has 1 atom stereocenters. The maximum absolute atomic E-state index is 12.9. The zero-order valence-electron chi connectivity index (χ0n) is 11.6. The van der Waals surface area contributed by atoms with Crippen LogP contribution in [0.4, 0.5) is 13.2 Å². The molecule has 1 rings (SSSR count). The summed E-state index contributed by atoms with van der Waals surface area (Å²) < 4.78 is 48.5. The van der Waals surface area contributed by atoms with E-state index < -0.39 is 12.3 Å². The largest absolute Gasteiger partial charge is 0.496 e. The minimum Gasteiger partial charge on any atom is -0.496 e. The average molecular weight is 276 g/mol. The van der Waals surface area contributed by atoms with E-state index in [0.717, 1.165) is 19.1 Å². The Labute approximate surface area is 111 Å². The Morgan fingerprint density at radius 2 is 1.84 bits per heavy atom. The number of hydrogen-bond donors (Lipinski definition) is 0. The molecule has 0 aliphatic heterocycles. The first-order chi connectivity index (χ1) is 8.85. The van der Waals surface area contributed by atoms with Gasteiger partial charge in [0.2, 0.25) is 0 Å². The van der Waals surface area contributed by atoms with E-state index in [1.807, 2.05) is 6.92 Å². The van der Waals surface area contributed by atoms with Crippen LogP contribution in [0.1, 0.15) is 36.1 Å². The molecular weight excluding hydrogens is 257 g/mol. The Kier molecular flexibility index (Phi) is 5.23. The number of hydrogen-bond acceptors (Lipinski definition) is 2. The zero-order valence-corrected chi connectivity index (χ0v) is 11.6. The first-order valence-corrected chi connectivity index (χ1v) is 6.12. The van der Waals surface area contributed by atoms with Crippen LogP contribution >= 0.6 is 0 Å². The van der Waals surface area contributed by atoms with E-state index in [1.165, 1.54) is 19.2 Å². The lowest BCUT2D eigenvalue weighted by atomic mass is 9.98. The molecule has 0 bridgehead atoms. The number of ether oxygens (including phenoxy) is 2. The van der Waals surface area contributed by atoms with Crippen molar-refractivity contribution in [3.05, 3.63) is 28.8 Å². The second kappa shape index (κ2) is 6.28. The fraction of sp³-hybridized carbons (Fsp3) is 0.571. The van der Waals surface area contributed by atoms with Crippen LogP contribution < -0.4 is 4.74 Å². The Morgan fingerprint density at radius 3 is 2.26 bits per heavy atom. The van der Waals surface area contributed by atoms with Crippen LogP contribution in [0, 0.1) is 6.92 Å². The first-order valence-electron chi connectivity index (χ1n) is 6.12. The summed E-state index contributed by atoms with van der Waals surface area (Å²) in [7, 11) is 2.59. The van der Waals surface area contributed by atoms with Crippen molar-refractivity contribution in [1.29, 1.82) is 0 Å². The van der Waals surface area contributed by atoms with Gasteiger partial charge in [-0.2, -0.15) is 13.2 Å². The number of rotatable bonds is 5. The monoisotopic (exact) mass is 276 g/mol. The number of methoxy groups -OCH3 is 2. The smallest absolute Gasteiger partial charge is 0.418 e. The minimum atomic E-state index is -4.42. The number of halogens is 3. The van der Waals surface area contributed by atoms with Gasteiger partial charge in [-0.3, -0.25) is 0 Å². The molecule has 108 valence electrons. The quantitative estimate of drug-likeness (QED) is 0.802. The van der Waals surface area contributed by atoms with Crippen LogP contribution in [-0.2, 0) is 11.2 Å². The third kappa shape index (κ3) is 3.62. The highest BCUT2D eigenvalue weighted by Gasteiger charge is 2.41. The highest BCUT2D eigenvalue weighted by molar-refractivity contribution is 5.45. The molecule has 0 saturated carbocycles. The van der Waals surface area contributed by atoms with E-state index in [4.69, 9.17) is 4.74 Å². The molecule has 0 fully saturated rings. The molecule has 0 spiro atoms. The maximum Gasteiger partial charge on any atom is 0.418 e. The van der Waals surface area contributed by atoms with Crippen LogP contribution in [0.2, 0.25) is 0 Å². The maximum atomic E-state index is 12.9. The molecule has 0 radical (unpaired) electrons. The molecule has 0 heterocycles. The van der Waals surface area contributed by atoms with Crippen molar-refractivity contribution in [2.45, 2.75) is 39.0 Å². The number of aryl methyl sites for hydroxylation is 2. The van der Waals surface area contributed by atoms with E-state index in [-0.39, 0.29) is 5.56 Å². The van der Waals surface area contributed by atoms with Gasteiger partial charge in [0.15, 0.2) is 6.10 Å². The predicted octanol–water partition coefficient (Wildman–Crippen LogP) is 4.21. The Hall–Kier alpha value is -1.23. The van der Waals surface area contributed by atoms with Gasteiger partial charge in [-0.1, -0.05) is 13.3 Å². The van der Waals surface area contributed by atoms with Crippen molar-refractivity contribution < 1.29 is 22.6 Å². The predicted molar refractivity (Wildman–Crippen MR) is 67.5 cm³/mol. The van der Waals surface area contributed by atoms with E-state index >= 15 is 0 Å². The van der Waals surface area contributed by atoms with E-state index in [9.17, 15) is 13.2 Å². The fourth-order valence-electron chi connectivity index (χ4n) is 2.23. The lowest BCUT2D eigenvalue weighted by Gasteiger charge is -2.21. The van der Waals surface area contributed by atoms with Crippen LogP contribution in [0.15, 0.2) is 12.1 Å². The Balaban J connectivity index is 3.29. The van der Waals surface area contributed by atoms with Crippen molar-refractivity contribution in [3.63, 3.8) is 0 Å². The second-order valence-electron chi connectivity index (χ2n) is 4.44. The zero-order chi connectivity index (χ0) is 14.6. The minimum absolute atomic E-state index is 0.122. The van der Waals surface area contributed by atoms with Gasteiger partial charge in [-0.15, -0.1) is 0 Å². The summed E-state index contributed by atoms with van der Waals surface area (Å²) in [5.74, 6) is 0.655. The molecule has 1 unspecified atom stereocenters. The fourth-order valence-corrected chi connectivity index (χ4v) is 2.23. The molecule has 0 aliphatic carbocycles. The van der Waals surface area contributed by atoms with Gasteiger partial charge in [-0.25, -0.2) is 0 Å². The number of alkyl halides is 3. The summed E-state index contributed by atoms with van der Waals surface area (Å²) in [6, 6.07) is 3.00. The van der Waals surface area contributed by atoms with Gasteiger partial charge >= 0.3 is 6.18 Å². The van der Waals surface area contributed by atoms with Gasteiger partial charge in [0.05, 0.1) is 7.11 Å². The number of benzene rings is 1. The third-order valence-corrected chi connectivity index (χ3v) is 2.93. The van der Waals surface area contributed by atoms with Crippen molar-refractivity contribution in [3.8, 4) is 5.75 Å². The van der Waals surface area contributed by atoms with E-state index in [1.54, 1.807) is 6.92 Å². The Bertz CT molecular complexity index is 427. The normalized spacial score (nSPS) is 13.4. The SMILES string of the molecule is CCCc1cc(C(OC)C(F)(F)F)cc(C)c1OC. The van der Waals surface area contributed by atoms with Crippen LogP contribution in [-0.4, -0.2) is 20.4 Å². The lowest BCUT2D eigenvalue weighted by molar-refractivity contribution is -0.216. The van der Waals surface area contributed by atoms with Crippen LogP contribution in [0.25, 0.3) is 0 Å². The first kappa shape index (κ1) is 15.8. The van der Waals surface area contributed by atoms with Crippen molar-refractivity contribution >= 4 is 0 Å². The summed E-state index contributed by atoms with van der Waals surface area (Å²) in [4.78, 5) is 0. The van der Waals surface area contributed by atoms with Crippen molar-refractivity contribution in [2.75, 3.05) is 14.2 Å².